The molecule has 35 heavy (non-hydrogen) atoms. The maximum Gasteiger partial charge on any atom is 0.295 e. The number of Topliss-reactive ketones (excluding diaryl/α,β-unsaturated/α-hetero) is 1. The van der Waals surface area contributed by atoms with E-state index in [0.717, 1.165) is 13.1 Å². The van der Waals surface area contributed by atoms with Crippen molar-refractivity contribution in [1.29, 1.82) is 0 Å². The van der Waals surface area contributed by atoms with Crippen molar-refractivity contribution in [2.45, 2.75) is 19.9 Å². The number of likely N-dealkylation sites (N-methyl/N-ethyl adjacent to an activating group) is 1. The molecule has 1 saturated heterocycles. The van der Waals surface area contributed by atoms with E-state index in [1.807, 2.05) is 13.8 Å². The fourth-order valence-electron chi connectivity index (χ4n) is 4.46. The van der Waals surface area contributed by atoms with Crippen LogP contribution in [0.5, 0.6) is 23.0 Å². The van der Waals surface area contributed by atoms with Crippen molar-refractivity contribution in [3.8, 4) is 23.0 Å². The Kier molecular flexibility index (Phi) is 7.16. The molecule has 1 unspecified atom stereocenters. The summed E-state index contributed by atoms with van der Waals surface area (Å²) < 4.78 is 16.4. The lowest BCUT2D eigenvalue weighted by molar-refractivity contribution is -0.140. The standard InChI is InChI=1S/C26H30N2O7/c1-4-27(5-2)10-11-28-23(16-6-8-18(29)20(14-16)33-3)22(25(31)26(28)32)24(30)17-7-9-19-21(15-17)35-13-12-34-19/h6-9,14-15,23,29-30H,4-5,10-13H2,1-3H3/b24-22+. The van der Waals surface area contributed by atoms with Crippen LogP contribution in [0.2, 0.25) is 0 Å². The summed E-state index contributed by atoms with van der Waals surface area (Å²) in [7, 11) is 1.42. The summed E-state index contributed by atoms with van der Waals surface area (Å²) >= 11 is 0. The molecule has 2 aromatic carbocycles. The number of amides is 1. The highest BCUT2D eigenvalue weighted by Gasteiger charge is 2.46. The van der Waals surface area contributed by atoms with Gasteiger partial charge in [-0.25, -0.2) is 0 Å². The van der Waals surface area contributed by atoms with Gasteiger partial charge in [-0.3, -0.25) is 9.59 Å². The molecule has 0 bridgehead atoms. The number of phenolic OH excluding ortho intramolecular Hbond substituents is 1. The second-order valence-electron chi connectivity index (χ2n) is 8.31. The van der Waals surface area contributed by atoms with Crippen LogP contribution in [0.15, 0.2) is 42.0 Å². The largest absolute Gasteiger partial charge is 0.507 e. The number of phenols is 1. The lowest BCUT2D eigenvalue weighted by Crippen LogP contribution is -2.38. The first kappa shape index (κ1) is 24.4. The van der Waals surface area contributed by atoms with Crippen molar-refractivity contribution in [3.63, 3.8) is 0 Å². The SMILES string of the molecule is CCN(CC)CCN1C(=O)C(=O)/C(=C(/O)c2ccc3c(c2)OCCO3)C1c1ccc(O)c(OC)c1. The molecule has 186 valence electrons. The number of aromatic hydroxyl groups is 1. The van der Waals surface area contributed by atoms with E-state index in [4.69, 9.17) is 14.2 Å². The average Bonchev–Trinajstić information content (AvgIpc) is 3.13. The molecule has 2 N–H and O–H groups in total. The van der Waals surface area contributed by atoms with Gasteiger partial charge in [-0.2, -0.15) is 0 Å². The van der Waals surface area contributed by atoms with Crippen molar-refractivity contribution in [2.24, 2.45) is 0 Å². The number of hydrogen-bond acceptors (Lipinski definition) is 8. The number of likely N-dealkylation sites (tertiary alicyclic amines) is 1. The smallest absolute Gasteiger partial charge is 0.295 e. The van der Waals surface area contributed by atoms with Crippen LogP contribution >= 0.6 is 0 Å². The lowest BCUT2D eigenvalue weighted by atomic mass is 9.94. The van der Waals surface area contributed by atoms with Crippen LogP contribution in [-0.4, -0.2) is 78.2 Å². The summed E-state index contributed by atoms with van der Waals surface area (Å²) in [6.07, 6.45) is 0. The lowest BCUT2D eigenvalue weighted by Gasteiger charge is -2.28. The Hall–Kier alpha value is -3.72. The van der Waals surface area contributed by atoms with E-state index in [1.54, 1.807) is 30.3 Å². The third-order valence-electron chi connectivity index (χ3n) is 6.43. The molecular weight excluding hydrogens is 452 g/mol. The van der Waals surface area contributed by atoms with Crippen LogP contribution in [0, 0.1) is 0 Å². The number of benzene rings is 2. The summed E-state index contributed by atoms with van der Waals surface area (Å²) in [4.78, 5) is 30.0. The molecule has 2 heterocycles. The first-order chi connectivity index (χ1) is 16.9. The molecule has 9 heteroatoms. The second-order valence-corrected chi connectivity index (χ2v) is 8.31. The number of methoxy groups -OCH3 is 1. The average molecular weight is 483 g/mol. The fraction of sp³-hybridized carbons (Fsp3) is 0.385. The van der Waals surface area contributed by atoms with Crippen molar-refractivity contribution >= 4 is 17.4 Å². The van der Waals surface area contributed by atoms with Crippen molar-refractivity contribution < 1.29 is 34.0 Å². The number of carbonyl (C=O) groups is 2. The third-order valence-corrected chi connectivity index (χ3v) is 6.43. The number of aliphatic hydroxyl groups excluding tert-OH is 1. The number of hydrogen-bond donors (Lipinski definition) is 2. The number of ketones is 1. The summed E-state index contributed by atoms with van der Waals surface area (Å²) in [5.74, 6) is -0.615. The predicted octanol–water partition coefficient (Wildman–Crippen LogP) is 2.94. The molecule has 9 nitrogen and oxygen atoms in total. The van der Waals surface area contributed by atoms with Crippen molar-refractivity contribution in [3.05, 3.63) is 53.1 Å². The third kappa shape index (κ3) is 4.64. The first-order valence-corrected chi connectivity index (χ1v) is 11.7. The number of carbonyl (C=O) groups excluding carboxylic acids is 2. The fourth-order valence-corrected chi connectivity index (χ4v) is 4.46. The van der Waals surface area contributed by atoms with Gasteiger partial charge in [-0.05, 0) is 49.0 Å². The van der Waals surface area contributed by atoms with Gasteiger partial charge in [0.2, 0.25) is 0 Å². The van der Waals surface area contributed by atoms with E-state index in [0.29, 0.717) is 42.4 Å². The Morgan fingerprint density at radius 1 is 1.09 bits per heavy atom. The van der Waals surface area contributed by atoms with E-state index in [1.165, 1.54) is 18.1 Å². The highest BCUT2D eigenvalue weighted by atomic mass is 16.6. The summed E-state index contributed by atoms with van der Waals surface area (Å²) in [6.45, 7) is 7.32. The molecule has 1 amide bonds. The van der Waals surface area contributed by atoms with Crippen LogP contribution < -0.4 is 14.2 Å². The highest BCUT2D eigenvalue weighted by Crippen LogP contribution is 2.42. The molecule has 0 saturated carbocycles. The van der Waals surface area contributed by atoms with Crippen LogP contribution in [0.25, 0.3) is 5.76 Å². The normalized spacial score (nSPS) is 18.9. The van der Waals surface area contributed by atoms with Gasteiger partial charge in [-0.15, -0.1) is 0 Å². The Labute approximate surface area is 204 Å². The van der Waals surface area contributed by atoms with Crippen molar-refractivity contribution in [2.75, 3.05) is 46.5 Å². The monoisotopic (exact) mass is 482 g/mol. The van der Waals surface area contributed by atoms with Crippen LogP contribution in [-0.2, 0) is 9.59 Å². The maximum atomic E-state index is 13.2. The molecule has 2 aliphatic heterocycles. The quantitative estimate of drug-likeness (QED) is 0.336. The molecular formula is C26H30N2O7. The number of nitrogens with zero attached hydrogens (tertiary/aromatic N) is 2. The number of fused-ring (bicyclic) bond motifs is 1. The molecule has 0 aromatic heterocycles. The van der Waals surface area contributed by atoms with E-state index < -0.39 is 17.7 Å². The highest BCUT2D eigenvalue weighted by molar-refractivity contribution is 6.46. The van der Waals surface area contributed by atoms with Gasteiger partial charge in [0, 0.05) is 18.7 Å². The van der Waals surface area contributed by atoms with Crippen LogP contribution in [0.4, 0.5) is 0 Å². The molecule has 4 rings (SSSR count). The first-order valence-electron chi connectivity index (χ1n) is 11.7. The Morgan fingerprint density at radius 3 is 2.49 bits per heavy atom. The minimum absolute atomic E-state index is 0.0287. The Balaban J connectivity index is 1.82. The van der Waals surface area contributed by atoms with Gasteiger partial charge >= 0.3 is 0 Å². The predicted molar refractivity (Wildman–Crippen MR) is 129 cm³/mol. The van der Waals surface area contributed by atoms with Gasteiger partial charge < -0.3 is 34.2 Å². The van der Waals surface area contributed by atoms with E-state index in [2.05, 4.69) is 4.90 Å². The van der Waals surface area contributed by atoms with Gasteiger partial charge in [0.25, 0.3) is 11.7 Å². The van der Waals surface area contributed by atoms with Gasteiger partial charge in [0.15, 0.2) is 23.0 Å². The molecule has 1 atom stereocenters. The summed E-state index contributed by atoms with van der Waals surface area (Å²) in [5.41, 5.74) is 0.850. The van der Waals surface area contributed by atoms with Crippen LogP contribution in [0.3, 0.4) is 0 Å². The number of ether oxygens (including phenoxy) is 3. The van der Waals surface area contributed by atoms with Crippen LogP contribution in [0.1, 0.15) is 31.0 Å². The minimum atomic E-state index is -0.853. The number of rotatable bonds is 8. The molecule has 2 aromatic rings. The second kappa shape index (κ2) is 10.3. The topological polar surface area (TPSA) is 109 Å². The molecule has 0 aliphatic carbocycles. The Bertz CT molecular complexity index is 1160. The van der Waals surface area contributed by atoms with E-state index in [-0.39, 0.29) is 29.4 Å². The summed E-state index contributed by atoms with van der Waals surface area (Å²) in [5, 5.41) is 21.4. The molecule has 0 spiro atoms. The number of aliphatic hydroxyl groups is 1. The zero-order valence-corrected chi connectivity index (χ0v) is 20.1. The van der Waals surface area contributed by atoms with E-state index >= 15 is 0 Å². The molecule has 0 radical (unpaired) electrons. The zero-order valence-electron chi connectivity index (χ0n) is 20.1. The minimum Gasteiger partial charge on any atom is -0.507 e. The summed E-state index contributed by atoms with van der Waals surface area (Å²) in [6, 6.07) is 8.68. The molecule has 1 fully saturated rings. The van der Waals surface area contributed by atoms with Crippen molar-refractivity contribution in [1.82, 2.24) is 9.80 Å². The zero-order chi connectivity index (χ0) is 25.1. The Morgan fingerprint density at radius 2 is 1.80 bits per heavy atom. The van der Waals surface area contributed by atoms with E-state index in [9.17, 15) is 19.8 Å². The maximum absolute atomic E-state index is 13.2. The van der Waals surface area contributed by atoms with Gasteiger partial charge in [0.05, 0.1) is 18.7 Å². The van der Waals surface area contributed by atoms with Gasteiger partial charge in [-0.1, -0.05) is 19.9 Å². The molecule has 2 aliphatic rings. The van der Waals surface area contributed by atoms with Gasteiger partial charge in [0.1, 0.15) is 19.0 Å².